The van der Waals surface area contributed by atoms with E-state index in [1.165, 1.54) is 6.92 Å². The molecular formula is C36H52O21. The van der Waals surface area contributed by atoms with Crippen LogP contribution < -0.4 is 0 Å². The minimum absolute atomic E-state index is 0.00486. The number of ether oxygens (including phenoxy) is 11. The molecular weight excluding hydrogens is 768 g/mol. The van der Waals surface area contributed by atoms with Gasteiger partial charge in [0.25, 0.3) is 0 Å². The van der Waals surface area contributed by atoms with Crippen LogP contribution in [0.4, 0.5) is 0 Å². The van der Waals surface area contributed by atoms with Gasteiger partial charge >= 0.3 is 59.7 Å². The molecule has 0 spiro atoms. The Morgan fingerprint density at radius 3 is 0.930 bits per heavy atom. The summed E-state index contributed by atoms with van der Waals surface area (Å²) in [6, 6.07) is 0. The molecule has 0 aromatic carbocycles. The van der Waals surface area contributed by atoms with Crippen LogP contribution in [-0.2, 0) is 100 Å². The first-order valence-electron chi connectivity index (χ1n) is 18.5. The maximum absolute atomic E-state index is 13.2. The number of hydrogen-bond acceptors (Lipinski definition) is 21. The zero-order chi connectivity index (χ0) is 42.8. The third-order valence-electron chi connectivity index (χ3n) is 7.24. The molecule has 0 aliphatic carbocycles. The first-order chi connectivity index (χ1) is 27.2. The van der Waals surface area contributed by atoms with Gasteiger partial charge in [-0.3, -0.25) is 47.9 Å². The van der Waals surface area contributed by atoms with Crippen molar-refractivity contribution in [3.05, 3.63) is 0 Å². The van der Waals surface area contributed by atoms with Crippen LogP contribution in [0.25, 0.3) is 0 Å². The summed E-state index contributed by atoms with van der Waals surface area (Å²) in [6.45, 7) is 7.03. The maximum Gasteiger partial charge on any atom is 0.308 e. The molecule has 1 rings (SSSR count). The number of esters is 10. The molecule has 0 N–H and O–H groups in total. The lowest BCUT2D eigenvalue weighted by Crippen LogP contribution is -2.63. The molecule has 0 amide bonds. The summed E-state index contributed by atoms with van der Waals surface area (Å²) in [4.78, 5) is 125. The van der Waals surface area contributed by atoms with Crippen LogP contribution in [0.2, 0.25) is 0 Å². The van der Waals surface area contributed by atoms with E-state index < -0.39 is 155 Å². The highest BCUT2D eigenvalue weighted by atomic mass is 16.7. The molecule has 57 heavy (non-hydrogen) atoms. The first-order valence-corrected chi connectivity index (χ1v) is 18.5. The van der Waals surface area contributed by atoms with Crippen LogP contribution in [0.5, 0.6) is 0 Å². The number of rotatable bonds is 26. The van der Waals surface area contributed by atoms with Gasteiger partial charge in [-0.15, -0.1) is 0 Å². The lowest BCUT2D eigenvalue weighted by Gasteiger charge is -2.44. The maximum atomic E-state index is 13.2. The van der Waals surface area contributed by atoms with Gasteiger partial charge in [-0.25, -0.2) is 0 Å². The summed E-state index contributed by atoms with van der Waals surface area (Å²) in [5.41, 5.74) is 0. The average molecular weight is 821 g/mol. The molecule has 0 aromatic heterocycles. The summed E-state index contributed by atoms with van der Waals surface area (Å²) in [7, 11) is 0. The van der Waals surface area contributed by atoms with Gasteiger partial charge in [-0.1, -0.05) is 0 Å². The Morgan fingerprint density at radius 2 is 0.596 bits per heavy atom. The van der Waals surface area contributed by atoms with Gasteiger partial charge in [0.05, 0.1) is 97.2 Å². The van der Waals surface area contributed by atoms with Crippen molar-refractivity contribution >= 4 is 59.7 Å². The van der Waals surface area contributed by atoms with Crippen molar-refractivity contribution in [1.82, 2.24) is 0 Å². The van der Waals surface area contributed by atoms with E-state index in [0.717, 1.165) is 0 Å². The zero-order valence-electron chi connectivity index (χ0n) is 32.8. The second-order valence-corrected chi connectivity index (χ2v) is 11.6. The smallest absolute Gasteiger partial charge is 0.308 e. The van der Waals surface area contributed by atoms with Crippen molar-refractivity contribution < 1.29 is 100 Å². The highest BCUT2D eigenvalue weighted by Crippen LogP contribution is 2.31. The molecule has 21 nitrogen and oxygen atoms in total. The monoisotopic (exact) mass is 820 g/mol. The minimum atomic E-state index is -2.02. The predicted molar refractivity (Wildman–Crippen MR) is 185 cm³/mol. The van der Waals surface area contributed by atoms with E-state index in [1.807, 2.05) is 0 Å². The predicted octanol–water partition coefficient (Wildman–Crippen LogP) is 1.25. The molecule has 5 atom stereocenters. The fraction of sp³-hybridized carbons (Fsp3) is 0.722. The number of carbonyl (C=O) groups is 10. The van der Waals surface area contributed by atoms with E-state index in [2.05, 4.69) is 0 Å². The Bertz CT molecular complexity index is 1380. The topological polar surface area (TPSA) is 272 Å². The Balaban J connectivity index is 3.67. The summed E-state index contributed by atoms with van der Waals surface area (Å²) in [6.07, 6.45) is -14.5. The largest absolute Gasteiger partial charge is 0.466 e. The first kappa shape index (κ1) is 49.7. The van der Waals surface area contributed by atoms with Gasteiger partial charge in [-0.2, -0.15) is 0 Å². The van der Waals surface area contributed by atoms with Crippen LogP contribution in [0.15, 0.2) is 0 Å². The Morgan fingerprint density at radius 1 is 0.333 bits per heavy atom. The molecule has 0 unspecified atom stereocenters. The van der Waals surface area contributed by atoms with Crippen LogP contribution in [0, 0.1) is 0 Å². The summed E-state index contributed by atoms with van der Waals surface area (Å²) < 4.78 is 57.5. The molecule has 1 aliphatic heterocycles. The van der Waals surface area contributed by atoms with Crippen molar-refractivity contribution in [2.24, 2.45) is 0 Å². The van der Waals surface area contributed by atoms with Crippen molar-refractivity contribution in [3.8, 4) is 0 Å². The molecule has 21 heteroatoms. The van der Waals surface area contributed by atoms with Crippen LogP contribution in [0.1, 0.15) is 98.8 Å². The highest BCUT2D eigenvalue weighted by molar-refractivity contribution is 5.80. The molecule has 322 valence electrons. The van der Waals surface area contributed by atoms with Crippen molar-refractivity contribution in [3.63, 3.8) is 0 Å². The minimum Gasteiger partial charge on any atom is -0.466 e. The zero-order valence-corrected chi connectivity index (χ0v) is 32.8. The van der Waals surface area contributed by atoms with E-state index in [-0.39, 0.29) is 39.5 Å². The van der Waals surface area contributed by atoms with Crippen molar-refractivity contribution in [2.45, 2.75) is 130 Å². The molecule has 1 aliphatic rings. The Hall–Kier alpha value is -5.34. The average Bonchev–Trinajstić information content (AvgIpc) is 3.16. The molecule has 1 fully saturated rings. The van der Waals surface area contributed by atoms with E-state index in [9.17, 15) is 47.9 Å². The molecule has 0 radical (unpaired) electrons. The second kappa shape index (κ2) is 28.1. The van der Waals surface area contributed by atoms with E-state index in [1.54, 1.807) is 27.7 Å². The summed E-state index contributed by atoms with van der Waals surface area (Å²) in [5, 5.41) is 0. The van der Waals surface area contributed by atoms with E-state index in [4.69, 9.17) is 52.1 Å². The lowest BCUT2D eigenvalue weighted by atomic mass is 9.97. The van der Waals surface area contributed by atoms with Crippen molar-refractivity contribution in [2.75, 3.05) is 39.6 Å². The van der Waals surface area contributed by atoms with Gasteiger partial charge in [0.1, 0.15) is 12.7 Å². The third kappa shape index (κ3) is 21.0. The molecule has 1 saturated heterocycles. The third-order valence-corrected chi connectivity index (χ3v) is 7.24. The van der Waals surface area contributed by atoms with Gasteiger partial charge in [0.15, 0.2) is 12.2 Å². The summed E-state index contributed by atoms with van der Waals surface area (Å²) in [5.74, 6) is -9.18. The molecule has 0 aromatic rings. The van der Waals surface area contributed by atoms with Crippen molar-refractivity contribution in [1.29, 1.82) is 0 Å². The highest BCUT2D eigenvalue weighted by Gasteiger charge is 2.54. The second-order valence-electron chi connectivity index (χ2n) is 11.6. The van der Waals surface area contributed by atoms with Crippen LogP contribution in [0.3, 0.4) is 0 Å². The molecule has 1 heterocycles. The van der Waals surface area contributed by atoms with Gasteiger partial charge in [0, 0.05) is 0 Å². The van der Waals surface area contributed by atoms with E-state index in [0.29, 0.717) is 0 Å². The van der Waals surface area contributed by atoms with Gasteiger partial charge in [-0.05, 0) is 34.6 Å². The van der Waals surface area contributed by atoms with E-state index >= 15 is 0 Å². The molecule has 0 bridgehead atoms. The lowest BCUT2D eigenvalue weighted by molar-refractivity contribution is -0.301. The Kier molecular flexibility index (Phi) is 24.5. The standard InChI is InChI=1S/C36H52O21/c1-6-47-23(37)11-12-28(42)52-21-22-33(54-29(43)17-13-24(38)48-7-2)34(55-30(44)18-14-25(39)49-8-3)35(56-31(45)19-15-26(40)50-9-4)36(53-22)57-32(46)20-16-27(41)51-10-5/h22,33-36H,6-21H2,1-5H3/t22-,33-,34+,35-,36+/m1/s1. The van der Waals surface area contributed by atoms with Gasteiger partial charge in [0.2, 0.25) is 12.4 Å². The fourth-order valence-electron chi connectivity index (χ4n) is 4.76. The summed E-state index contributed by atoms with van der Waals surface area (Å²) >= 11 is 0. The number of carbonyl (C=O) groups excluding carboxylic acids is 10. The number of hydrogen-bond donors (Lipinski definition) is 0. The van der Waals surface area contributed by atoms with Crippen LogP contribution in [-0.4, -0.2) is 130 Å². The fourth-order valence-corrected chi connectivity index (χ4v) is 4.76. The Labute approximate surface area is 328 Å². The van der Waals surface area contributed by atoms with Crippen LogP contribution >= 0.6 is 0 Å². The molecule has 0 saturated carbocycles. The SMILES string of the molecule is CCOC(=O)CCC(=O)OC[C@H]1O[C@@H](OC(=O)CCC(=O)OCC)[C@H](OC(=O)CCC(=O)OCC)[C@@H](OC(=O)CCC(=O)OCC)[C@@H]1OC(=O)CCC(=O)OCC. The van der Waals surface area contributed by atoms with Gasteiger partial charge < -0.3 is 52.1 Å². The quantitative estimate of drug-likeness (QED) is 0.0877. The normalized spacial score (nSPS) is 18.4.